The standard InChI is InChI=1S/C16H20ClN5OS/c1-10-13(17)8-5-9-14(10)18-15(23)11(2)24-16-19-20-21-22(16)12-6-3-4-7-12/h5,8-9,11-12H,3-4,6-7H2,1-2H3,(H,18,23). The molecule has 128 valence electrons. The van der Waals surface area contributed by atoms with Crippen LogP contribution in [0.15, 0.2) is 23.4 Å². The SMILES string of the molecule is Cc1c(Cl)cccc1NC(=O)C(C)Sc1nnnn1C1CCCC1. The Bertz CT molecular complexity index is 729. The number of amides is 1. The predicted molar refractivity (Wildman–Crippen MR) is 95.5 cm³/mol. The molecule has 1 unspecified atom stereocenters. The number of nitrogens with one attached hydrogen (secondary N) is 1. The van der Waals surface area contributed by atoms with Crippen molar-refractivity contribution in [1.82, 2.24) is 20.2 Å². The van der Waals surface area contributed by atoms with E-state index < -0.39 is 0 Å². The maximum Gasteiger partial charge on any atom is 0.237 e. The zero-order chi connectivity index (χ0) is 17.1. The molecule has 0 saturated heterocycles. The van der Waals surface area contributed by atoms with E-state index in [-0.39, 0.29) is 11.2 Å². The quantitative estimate of drug-likeness (QED) is 0.814. The van der Waals surface area contributed by atoms with E-state index in [2.05, 4.69) is 20.8 Å². The van der Waals surface area contributed by atoms with Crippen molar-refractivity contribution in [3.05, 3.63) is 28.8 Å². The van der Waals surface area contributed by atoms with E-state index in [1.165, 1.54) is 24.6 Å². The first kappa shape index (κ1) is 17.2. The van der Waals surface area contributed by atoms with E-state index in [0.717, 1.165) is 24.1 Å². The van der Waals surface area contributed by atoms with Crippen LogP contribution in [0.2, 0.25) is 5.02 Å². The zero-order valence-electron chi connectivity index (χ0n) is 13.7. The fraction of sp³-hybridized carbons (Fsp3) is 0.500. The Kier molecular flexibility index (Phi) is 5.40. The molecule has 6 nitrogen and oxygen atoms in total. The van der Waals surface area contributed by atoms with E-state index in [1.54, 1.807) is 6.07 Å². The lowest BCUT2D eigenvalue weighted by atomic mass is 10.2. The molecule has 0 aliphatic heterocycles. The third kappa shape index (κ3) is 3.72. The predicted octanol–water partition coefficient (Wildman–Crippen LogP) is 3.87. The summed E-state index contributed by atoms with van der Waals surface area (Å²) < 4.78 is 1.87. The Balaban J connectivity index is 1.66. The summed E-state index contributed by atoms with van der Waals surface area (Å²) in [6.45, 7) is 3.74. The maximum atomic E-state index is 12.5. The second kappa shape index (κ2) is 7.53. The van der Waals surface area contributed by atoms with Crippen molar-refractivity contribution in [3.8, 4) is 0 Å². The molecule has 1 aromatic carbocycles. The molecule has 2 aromatic rings. The van der Waals surface area contributed by atoms with Crippen molar-refractivity contribution in [3.63, 3.8) is 0 Å². The molecule has 3 rings (SSSR count). The Hall–Kier alpha value is -1.60. The molecular formula is C16H20ClN5OS. The van der Waals surface area contributed by atoms with Gasteiger partial charge in [0.2, 0.25) is 11.1 Å². The van der Waals surface area contributed by atoms with Crippen LogP contribution in [0, 0.1) is 6.92 Å². The van der Waals surface area contributed by atoms with Crippen LogP contribution in [0.5, 0.6) is 0 Å². The number of benzene rings is 1. The van der Waals surface area contributed by atoms with Crippen LogP contribution in [-0.4, -0.2) is 31.4 Å². The largest absolute Gasteiger partial charge is 0.325 e. The van der Waals surface area contributed by atoms with Gasteiger partial charge >= 0.3 is 0 Å². The van der Waals surface area contributed by atoms with E-state index in [4.69, 9.17) is 11.6 Å². The molecule has 0 radical (unpaired) electrons. The van der Waals surface area contributed by atoms with Crippen LogP contribution >= 0.6 is 23.4 Å². The van der Waals surface area contributed by atoms with Crippen LogP contribution in [-0.2, 0) is 4.79 Å². The molecule has 8 heteroatoms. The minimum Gasteiger partial charge on any atom is -0.325 e. The first-order valence-corrected chi connectivity index (χ1v) is 9.32. The van der Waals surface area contributed by atoms with Crippen molar-refractivity contribution in [2.45, 2.75) is 56.0 Å². The summed E-state index contributed by atoms with van der Waals surface area (Å²) in [5.41, 5.74) is 1.59. The van der Waals surface area contributed by atoms with Gasteiger partial charge in [-0.2, -0.15) is 0 Å². The third-order valence-electron chi connectivity index (χ3n) is 4.31. The summed E-state index contributed by atoms with van der Waals surface area (Å²) in [6.07, 6.45) is 4.61. The fourth-order valence-electron chi connectivity index (χ4n) is 2.83. The summed E-state index contributed by atoms with van der Waals surface area (Å²) in [6, 6.07) is 5.83. The number of nitrogens with zero attached hydrogens (tertiary/aromatic N) is 4. The van der Waals surface area contributed by atoms with Crippen molar-refractivity contribution < 1.29 is 4.79 Å². The Morgan fingerprint density at radius 1 is 1.42 bits per heavy atom. The number of carbonyl (C=O) groups is 1. The lowest BCUT2D eigenvalue weighted by Crippen LogP contribution is -2.23. The zero-order valence-corrected chi connectivity index (χ0v) is 15.3. The highest BCUT2D eigenvalue weighted by Crippen LogP contribution is 2.32. The van der Waals surface area contributed by atoms with Gasteiger partial charge in [0, 0.05) is 10.7 Å². The average Bonchev–Trinajstić information content (AvgIpc) is 3.22. The number of rotatable bonds is 5. The van der Waals surface area contributed by atoms with Crippen LogP contribution in [0.1, 0.15) is 44.2 Å². The van der Waals surface area contributed by atoms with Gasteiger partial charge in [0.1, 0.15) is 0 Å². The minimum absolute atomic E-state index is 0.0914. The molecule has 0 spiro atoms. The molecule has 24 heavy (non-hydrogen) atoms. The number of carbonyl (C=O) groups excluding carboxylic acids is 1. The van der Waals surface area contributed by atoms with Crippen LogP contribution < -0.4 is 5.32 Å². The van der Waals surface area contributed by atoms with Crippen LogP contribution in [0.3, 0.4) is 0 Å². The van der Waals surface area contributed by atoms with E-state index in [1.807, 2.05) is 30.7 Å². The summed E-state index contributed by atoms with van der Waals surface area (Å²) in [4.78, 5) is 12.5. The number of aromatic nitrogens is 4. The second-order valence-electron chi connectivity index (χ2n) is 6.01. The summed E-state index contributed by atoms with van der Waals surface area (Å²) in [7, 11) is 0. The number of tetrazole rings is 1. The monoisotopic (exact) mass is 365 g/mol. The van der Waals surface area contributed by atoms with E-state index >= 15 is 0 Å². The molecule has 1 fully saturated rings. The number of hydrogen-bond acceptors (Lipinski definition) is 5. The van der Waals surface area contributed by atoms with Crippen LogP contribution in [0.4, 0.5) is 5.69 Å². The molecule has 1 aromatic heterocycles. The molecule has 1 N–H and O–H groups in total. The highest BCUT2D eigenvalue weighted by atomic mass is 35.5. The van der Waals surface area contributed by atoms with Gasteiger partial charge in [0.15, 0.2) is 0 Å². The highest BCUT2D eigenvalue weighted by Gasteiger charge is 2.24. The lowest BCUT2D eigenvalue weighted by Gasteiger charge is -2.15. The normalized spacial score (nSPS) is 16.3. The topological polar surface area (TPSA) is 72.7 Å². The second-order valence-corrected chi connectivity index (χ2v) is 7.72. The van der Waals surface area contributed by atoms with Crippen molar-refractivity contribution in [2.24, 2.45) is 0 Å². The molecule has 1 saturated carbocycles. The van der Waals surface area contributed by atoms with Gasteiger partial charge in [-0.15, -0.1) is 5.10 Å². The Morgan fingerprint density at radius 3 is 2.92 bits per heavy atom. The number of anilines is 1. The molecule has 0 bridgehead atoms. The molecule has 1 aliphatic carbocycles. The summed E-state index contributed by atoms with van der Waals surface area (Å²) in [5.74, 6) is -0.0914. The molecule has 1 aliphatic rings. The van der Waals surface area contributed by atoms with Gasteiger partial charge in [-0.05, 0) is 54.8 Å². The van der Waals surface area contributed by atoms with Gasteiger partial charge in [-0.25, -0.2) is 4.68 Å². The summed E-state index contributed by atoms with van der Waals surface area (Å²) in [5, 5.41) is 15.9. The number of halogens is 1. The first-order valence-electron chi connectivity index (χ1n) is 8.06. The van der Waals surface area contributed by atoms with Crippen molar-refractivity contribution in [2.75, 3.05) is 5.32 Å². The number of hydrogen-bond donors (Lipinski definition) is 1. The molecular weight excluding hydrogens is 346 g/mol. The van der Waals surface area contributed by atoms with E-state index in [9.17, 15) is 4.79 Å². The average molecular weight is 366 g/mol. The minimum atomic E-state index is -0.311. The third-order valence-corrected chi connectivity index (χ3v) is 5.77. The fourth-order valence-corrected chi connectivity index (χ4v) is 3.86. The molecule has 1 atom stereocenters. The maximum absolute atomic E-state index is 12.5. The van der Waals surface area contributed by atoms with E-state index in [0.29, 0.717) is 16.2 Å². The highest BCUT2D eigenvalue weighted by molar-refractivity contribution is 8.00. The Labute approximate surface area is 150 Å². The van der Waals surface area contributed by atoms with Gasteiger partial charge in [-0.3, -0.25) is 4.79 Å². The van der Waals surface area contributed by atoms with Gasteiger partial charge in [-0.1, -0.05) is 42.3 Å². The van der Waals surface area contributed by atoms with Gasteiger partial charge in [0.25, 0.3) is 0 Å². The smallest absolute Gasteiger partial charge is 0.237 e. The van der Waals surface area contributed by atoms with Crippen LogP contribution in [0.25, 0.3) is 0 Å². The Morgan fingerprint density at radius 2 is 2.17 bits per heavy atom. The molecule has 1 heterocycles. The van der Waals surface area contributed by atoms with Crippen molar-refractivity contribution in [1.29, 1.82) is 0 Å². The number of thioether (sulfide) groups is 1. The van der Waals surface area contributed by atoms with Crippen molar-refractivity contribution >= 4 is 35.0 Å². The van der Waals surface area contributed by atoms with Gasteiger partial charge in [0.05, 0.1) is 11.3 Å². The summed E-state index contributed by atoms with van der Waals surface area (Å²) >= 11 is 7.48. The van der Waals surface area contributed by atoms with Gasteiger partial charge < -0.3 is 5.32 Å². The molecule has 1 amide bonds. The first-order chi connectivity index (χ1) is 11.6. The lowest BCUT2D eigenvalue weighted by molar-refractivity contribution is -0.115.